The van der Waals surface area contributed by atoms with Gasteiger partial charge in [-0.3, -0.25) is 4.90 Å². The van der Waals surface area contributed by atoms with Gasteiger partial charge in [0, 0.05) is 0 Å². The molecule has 5 nitrogen and oxygen atoms in total. The van der Waals surface area contributed by atoms with Crippen LogP contribution in [0.1, 0.15) is 54.4 Å². The van der Waals surface area contributed by atoms with E-state index < -0.39 is 26.1 Å². The Morgan fingerprint density at radius 1 is 1.22 bits per heavy atom. The molecule has 6 heteroatoms. The minimum absolute atomic E-state index is 0.0800. The molecular weight excluding hydrogens is 308 g/mol. The molecule has 0 aromatic heterocycles. The highest BCUT2D eigenvalue weighted by molar-refractivity contribution is 6.74. The van der Waals surface area contributed by atoms with Gasteiger partial charge in [0.1, 0.15) is 11.6 Å². The van der Waals surface area contributed by atoms with Crippen LogP contribution in [0.25, 0.3) is 0 Å². The number of hydrogen-bond donors (Lipinski definition) is 0. The van der Waals surface area contributed by atoms with Crippen molar-refractivity contribution in [2.75, 3.05) is 6.61 Å². The summed E-state index contributed by atoms with van der Waals surface area (Å²) in [6, 6.07) is 1.72. The maximum Gasteiger partial charge on any atom is 0.411 e. The summed E-state index contributed by atoms with van der Waals surface area (Å²) >= 11 is 0. The van der Waals surface area contributed by atoms with Crippen molar-refractivity contribution in [2.45, 2.75) is 90.2 Å². The molecule has 0 aromatic rings. The first-order chi connectivity index (χ1) is 10.3. The number of nitrogens with zero attached hydrogens (tertiary/aromatic N) is 2. The highest BCUT2D eigenvalue weighted by Crippen LogP contribution is 2.37. The SMILES string of the molecule is CC(C)(C)OC(=O)N1C(C#N)CCC1CO[Si](C)(C)C(C)(C)C. The van der Waals surface area contributed by atoms with E-state index >= 15 is 0 Å². The molecule has 1 saturated heterocycles. The van der Waals surface area contributed by atoms with Gasteiger partial charge in [0.15, 0.2) is 8.32 Å². The van der Waals surface area contributed by atoms with Crippen molar-refractivity contribution in [2.24, 2.45) is 0 Å². The molecule has 1 aliphatic rings. The fourth-order valence-corrected chi connectivity index (χ4v) is 3.33. The number of rotatable bonds is 3. The molecule has 0 spiro atoms. The molecule has 0 bridgehead atoms. The van der Waals surface area contributed by atoms with E-state index in [9.17, 15) is 10.1 Å². The zero-order valence-electron chi connectivity index (χ0n) is 15.9. The number of amides is 1. The van der Waals surface area contributed by atoms with Gasteiger partial charge in [-0.1, -0.05) is 20.8 Å². The topological polar surface area (TPSA) is 62.6 Å². The van der Waals surface area contributed by atoms with Crippen LogP contribution < -0.4 is 0 Å². The average Bonchev–Trinajstić information content (AvgIpc) is 2.75. The van der Waals surface area contributed by atoms with Gasteiger partial charge in [0.05, 0.1) is 18.7 Å². The molecule has 1 amide bonds. The van der Waals surface area contributed by atoms with Gasteiger partial charge in [-0.15, -0.1) is 0 Å². The van der Waals surface area contributed by atoms with E-state index in [2.05, 4.69) is 39.9 Å². The molecule has 0 saturated carbocycles. The van der Waals surface area contributed by atoms with Crippen LogP contribution in [-0.4, -0.2) is 43.6 Å². The highest BCUT2D eigenvalue weighted by Gasteiger charge is 2.42. The standard InChI is InChI=1S/C17H32N2O3Si/c1-16(2,3)22-15(20)19-13(11-18)9-10-14(19)12-21-23(7,8)17(4,5)6/h13-14H,9-10,12H2,1-8H3. The predicted molar refractivity (Wildman–Crippen MR) is 93.6 cm³/mol. The number of nitriles is 1. The van der Waals surface area contributed by atoms with E-state index in [-0.39, 0.29) is 11.1 Å². The Kier molecular flexibility index (Phi) is 5.92. The molecule has 0 N–H and O–H groups in total. The molecule has 2 unspecified atom stereocenters. The Labute approximate surface area is 142 Å². The summed E-state index contributed by atoms with van der Waals surface area (Å²) in [4.78, 5) is 14.1. The smallest absolute Gasteiger partial charge is 0.411 e. The van der Waals surface area contributed by atoms with E-state index in [0.717, 1.165) is 6.42 Å². The van der Waals surface area contributed by atoms with Crippen LogP contribution in [0.5, 0.6) is 0 Å². The third kappa shape index (κ3) is 5.22. The van der Waals surface area contributed by atoms with Crippen molar-refractivity contribution >= 4 is 14.4 Å². The summed E-state index contributed by atoms with van der Waals surface area (Å²) in [6.07, 6.45) is 1.05. The summed E-state index contributed by atoms with van der Waals surface area (Å²) in [5, 5.41) is 9.45. The average molecular weight is 341 g/mol. The van der Waals surface area contributed by atoms with Crippen LogP contribution in [0.4, 0.5) is 4.79 Å². The van der Waals surface area contributed by atoms with E-state index in [4.69, 9.17) is 9.16 Å². The molecule has 0 aliphatic carbocycles. The van der Waals surface area contributed by atoms with Crippen molar-refractivity contribution in [1.29, 1.82) is 5.26 Å². The maximum atomic E-state index is 12.5. The quantitative estimate of drug-likeness (QED) is 0.719. The van der Waals surface area contributed by atoms with Crippen molar-refractivity contribution in [3.63, 3.8) is 0 Å². The molecule has 2 atom stereocenters. The first-order valence-electron chi connectivity index (χ1n) is 8.33. The molecular formula is C17H32N2O3Si. The summed E-state index contributed by atoms with van der Waals surface area (Å²) in [5.74, 6) is 0. The Morgan fingerprint density at radius 2 is 1.78 bits per heavy atom. The highest BCUT2D eigenvalue weighted by atomic mass is 28.4. The Morgan fingerprint density at radius 3 is 2.22 bits per heavy atom. The van der Waals surface area contributed by atoms with Crippen molar-refractivity contribution in [3.05, 3.63) is 0 Å². The Hall–Kier alpha value is -1.06. The predicted octanol–water partition coefficient (Wildman–Crippen LogP) is 4.30. The minimum atomic E-state index is -1.88. The first kappa shape index (κ1) is 20.0. The lowest BCUT2D eigenvalue weighted by molar-refractivity contribution is 0.0137. The van der Waals surface area contributed by atoms with E-state index in [1.165, 1.54) is 0 Å². The van der Waals surface area contributed by atoms with Gasteiger partial charge in [-0.25, -0.2) is 4.79 Å². The van der Waals surface area contributed by atoms with Crippen LogP contribution in [0, 0.1) is 11.3 Å². The summed E-state index contributed by atoms with van der Waals surface area (Å²) < 4.78 is 11.7. The second kappa shape index (κ2) is 6.82. The van der Waals surface area contributed by atoms with Gasteiger partial charge in [0.25, 0.3) is 0 Å². The fraction of sp³-hybridized carbons (Fsp3) is 0.882. The van der Waals surface area contributed by atoms with Crippen LogP contribution >= 0.6 is 0 Å². The second-order valence-corrected chi connectivity index (χ2v) is 13.6. The van der Waals surface area contributed by atoms with Gasteiger partial charge in [-0.05, 0) is 51.7 Å². The lowest BCUT2D eigenvalue weighted by Crippen LogP contribution is -2.48. The van der Waals surface area contributed by atoms with Gasteiger partial charge >= 0.3 is 6.09 Å². The van der Waals surface area contributed by atoms with Crippen molar-refractivity contribution < 1.29 is 14.0 Å². The second-order valence-electron chi connectivity index (χ2n) is 8.83. The molecule has 0 radical (unpaired) electrons. The van der Waals surface area contributed by atoms with Crippen LogP contribution in [0.2, 0.25) is 18.1 Å². The van der Waals surface area contributed by atoms with E-state index in [1.807, 2.05) is 20.8 Å². The molecule has 23 heavy (non-hydrogen) atoms. The molecule has 1 fully saturated rings. The zero-order valence-corrected chi connectivity index (χ0v) is 16.9. The molecule has 132 valence electrons. The number of carbonyl (C=O) groups is 1. The molecule has 1 heterocycles. The first-order valence-corrected chi connectivity index (χ1v) is 11.2. The normalized spacial score (nSPS) is 22.8. The van der Waals surface area contributed by atoms with E-state index in [0.29, 0.717) is 13.0 Å². The third-order valence-corrected chi connectivity index (χ3v) is 9.20. The Balaban J connectivity index is 2.81. The summed E-state index contributed by atoms with van der Waals surface area (Å²) in [7, 11) is -1.88. The monoisotopic (exact) mass is 340 g/mol. The molecule has 1 aliphatic heterocycles. The minimum Gasteiger partial charge on any atom is -0.444 e. The zero-order chi connectivity index (χ0) is 18.1. The lowest BCUT2D eigenvalue weighted by atomic mass is 10.2. The van der Waals surface area contributed by atoms with Crippen LogP contribution in [0.3, 0.4) is 0 Å². The summed E-state index contributed by atoms with van der Waals surface area (Å²) in [6.45, 7) is 17.0. The maximum absolute atomic E-state index is 12.5. The van der Waals surface area contributed by atoms with Crippen LogP contribution in [-0.2, 0) is 9.16 Å². The van der Waals surface area contributed by atoms with Crippen molar-refractivity contribution in [3.8, 4) is 6.07 Å². The van der Waals surface area contributed by atoms with Gasteiger partial charge in [-0.2, -0.15) is 5.26 Å². The number of hydrogen-bond acceptors (Lipinski definition) is 4. The number of carbonyl (C=O) groups excluding carboxylic acids is 1. The number of likely N-dealkylation sites (tertiary alicyclic amines) is 1. The Bertz CT molecular complexity index is 472. The summed E-state index contributed by atoms with van der Waals surface area (Å²) in [5.41, 5.74) is -0.565. The molecule has 1 rings (SSSR count). The van der Waals surface area contributed by atoms with Crippen LogP contribution in [0.15, 0.2) is 0 Å². The fourth-order valence-electron chi connectivity index (χ4n) is 2.29. The van der Waals surface area contributed by atoms with Crippen molar-refractivity contribution in [1.82, 2.24) is 4.90 Å². The molecule has 0 aromatic carbocycles. The third-order valence-electron chi connectivity index (χ3n) is 4.70. The van der Waals surface area contributed by atoms with Gasteiger partial charge in [0.2, 0.25) is 0 Å². The number of ether oxygens (including phenoxy) is 1. The van der Waals surface area contributed by atoms with E-state index in [1.54, 1.807) is 4.90 Å². The lowest BCUT2D eigenvalue weighted by Gasteiger charge is -2.38. The van der Waals surface area contributed by atoms with Gasteiger partial charge < -0.3 is 9.16 Å². The largest absolute Gasteiger partial charge is 0.444 e.